The highest BCUT2D eigenvalue weighted by Crippen LogP contribution is 2.22. The predicted molar refractivity (Wildman–Crippen MR) is 63.8 cm³/mol. The number of aliphatic hydroxyl groups excluding tert-OH is 1. The molecule has 0 aliphatic heterocycles. The van der Waals surface area contributed by atoms with Crippen molar-refractivity contribution in [3.63, 3.8) is 0 Å². The van der Waals surface area contributed by atoms with Gasteiger partial charge in [0.25, 0.3) is 0 Å². The third-order valence-corrected chi connectivity index (χ3v) is 2.17. The Balaban J connectivity index is 0.000000531. The van der Waals surface area contributed by atoms with Gasteiger partial charge in [-0.2, -0.15) is 0 Å². The average Bonchev–Trinajstić information content (AvgIpc) is 2.42. The summed E-state index contributed by atoms with van der Waals surface area (Å²) >= 11 is 5.89. The van der Waals surface area contributed by atoms with Gasteiger partial charge in [-0.05, 0) is 23.8 Å². The fourth-order valence-electron chi connectivity index (χ4n) is 1.30. The van der Waals surface area contributed by atoms with Crippen LogP contribution in [0.3, 0.4) is 0 Å². The minimum absolute atomic E-state index is 0.172. The van der Waals surface area contributed by atoms with E-state index in [1.807, 2.05) is 26.0 Å². The second-order valence-corrected chi connectivity index (χ2v) is 3.34. The summed E-state index contributed by atoms with van der Waals surface area (Å²) in [4.78, 5) is 4.08. The maximum Gasteiger partial charge on any atom is 0.141 e. The summed E-state index contributed by atoms with van der Waals surface area (Å²) < 4.78 is 0. The van der Waals surface area contributed by atoms with Gasteiger partial charge in [0.1, 0.15) is 11.5 Å². The van der Waals surface area contributed by atoms with E-state index in [4.69, 9.17) is 11.6 Å². The molecule has 0 bridgehead atoms. The minimum atomic E-state index is 0.172. The third kappa shape index (κ3) is 2.83. The Hall–Kier alpha value is -1.28. The number of nitrogens with zero attached hydrogens (tertiary/aromatic N) is 1. The van der Waals surface area contributed by atoms with Crippen LogP contribution in [-0.4, -0.2) is 10.1 Å². The molecule has 2 rings (SSSR count). The molecule has 0 radical (unpaired) electrons. The lowest BCUT2D eigenvalue weighted by Gasteiger charge is -2.03. The summed E-state index contributed by atoms with van der Waals surface area (Å²) in [5.41, 5.74) is 1.57. The van der Waals surface area contributed by atoms with Crippen molar-refractivity contribution in [2.75, 3.05) is 0 Å². The fourth-order valence-corrected chi connectivity index (χ4v) is 1.51. The molecule has 3 heteroatoms. The molecule has 80 valence electrons. The Labute approximate surface area is 94.9 Å². The molecule has 0 saturated carbocycles. The van der Waals surface area contributed by atoms with Crippen LogP contribution in [0.15, 0.2) is 35.5 Å². The molecule has 1 aromatic heterocycles. The Morgan fingerprint density at radius 1 is 1.33 bits per heavy atom. The first-order valence-electron chi connectivity index (χ1n) is 4.97. The van der Waals surface area contributed by atoms with E-state index in [1.54, 1.807) is 18.3 Å². The van der Waals surface area contributed by atoms with E-state index in [0.717, 1.165) is 5.56 Å². The zero-order chi connectivity index (χ0) is 11.3. The largest absolute Gasteiger partial charge is 0.506 e. The number of aromatic nitrogens is 1. The standard InChI is InChI=1S/C10H8ClNO.C2H6/c11-8-3-4-9(13)10-7(6-8)2-1-5-12-10;1-2/h1-5,13H,6H2;1-2H3. The summed E-state index contributed by atoms with van der Waals surface area (Å²) in [5.74, 6) is 0.172. The van der Waals surface area contributed by atoms with Gasteiger partial charge >= 0.3 is 0 Å². The number of hydrogen-bond donors (Lipinski definition) is 1. The molecular weight excluding hydrogens is 210 g/mol. The van der Waals surface area contributed by atoms with Gasteiger partial charge in [-0.25, -0.2) is 0 Å². The summed E-state index contributed by atoms with van der Waals surface area (Å²) in [5, 5.41) is 10.3. The van der Waals surface area contributed by atoms with Crippen molar-refractivity contribution in [3.8, 4) is 0 Å². The first kappa shape index (κ1) is 11.8. The van der Waals surface area contributed by atoms with Crippen molar-refractivity contribution in [2.45, 2.75) is 20.3 Å². The van der Waals surface area contributed by atoms with E-state index in [-0.39, 0.29) is 5.76 Å². The van der Waals surface area contributed by atoms with Crippen molar-refractivity contribution in [1.82, 2.24) is 4.98 Å². The van der Waals surface area contributed by atoms with Crippen LogP contribution in [-0.2, 0) is 6.42 Å². The first-order valence-corrected chi connectivity index (χ1v) is 5.35. The highest BCUT2D eigenvalue weighted by molar-refractivity contribution is 6.30. The predicted octanol–water partition coefficient (Wildman–Crippen LogP) is 3.69. The highest BCUT2D eigenvalue weighted by Gasteiger charge is 2.11. The lowest BCUT2D eigenvalue weighted by atomic mass is 10.1. The van der Waals surface area contributed by atoms with Crippen molar-refractivity contribution in [2.24, 2.45) is 0 Å². The highest BCUT2D eigenvalue weighted by atomic mass is 35.5. The zero-order valence-corrected chi connectivity index (χ0v) is 9.62. The summed E-state index contributed by atoms with van der Waals surface area (Å²) in [6, 6.07) is 3.75. The van der Waals surface area contributed by atoms with Crippen LogP contribution in [0, 0.1) is 0 Å². The SMILES string of the molecule is CC.OC1=CC=C(Cl)Cc2cccnc21. The molecule has 1 aliphatic rings. The molecule has 1 heterocycles. The van der Waals surface area contributed by atoms with Gasteiger partial charge in [0.2, 0.25) is 0 Å². The van der Waals surface area contributed by atoms with E-state index in [9.17, 15) is 5.11 Å². The summed E-state index contributed by atoms with van der Waals surface area (Å²) in [6.07, 6.45) is 5.55. The smallest absolute Gasteiger partial charge is 0.141 e. The van der Waals surface area contributed by atoms with Crippen LogP contribution >= 0.6 is 11.6 Å². The van der Waals surface area contributed by atoms with Crippen molar-refractivity contribution >= 4 is 17.4 Å². The average molecular weight is 224 g/mol. The van der Waals surface area contributed by atoms with Crippen LogP contribution < -0.4 is 0 Å². The van der Waals surface area contributed by atoms with Crippen molar-refractivity contribution in [3.05, 3.63) is 46.8 Å². The molecule has 0 amide bonds. The second kappa shape index (κ2) is 5.56. The molecule has 0 spiro atoms. The van der Waals surface area contributed by atoms with Gasteiger partial charge in [-0.15, -0.1) is 0 Å². The molecule has 0 aromatic carbocycles. The molecule has 1 N–H and O–H groups in total. The Bertz CT molecular complexity index is 396. The lowest BCUT2D eigenvalue weighted by molar-refractivity contribution is 0.508. The number of fused-ring (bicyclic) bond motifs is 1. The molecule has 0 atom stereocenters. The van der Waals surface area contributed by atoms with Gasteiger partial charge in [-0.3, -0.25) is 4.98 Å². The number of allylic oxidation sites excluding steroid dienone is 3. The van der Waals surface area contributed by atoms with Crippen LogP contribution in [0.2, 0.25) is 0 Å². The topological polar surface area (TPSA) is 33.1 Å². The molecule has 0 fully saturated rings. The quantitative estimate of drug-likeness (QED) is 0.728. The molecule has 0 saturated heterocycles. The van der Waals surface area contributed by atoms with E-state index < -0.39 is 0 Å². The molecule has 1 aromatic rings. The van der Waals surface area contributed by atoms with Gasteiger partial charge in [0, 0.05) is 17.6 Å². The van der Waals surface area contributed by atoms with Gasteiger partial charge in [0.05, 0.1) is 0 Å². The monoisotopic (exact) mass is 223 g/mol. The molecule has 0 unspecified atom stereocenters. The first-order chi connectivity index (χ1) is 7.27. The zero-order valence-electron chi connectivity index (χ0n) is 8.87. The molecular formula is C12H14ClNO. The second-order valence-electron chi connectivity index (χ2n) is 2.85. The number of aliphatic hydroxyl groups is 1. The minimum Gasteiger partial charge on any atom is -0.506 e. The van der Waals surface area contributed by atoms with Gasteiger partial charge in [0.15, 0.2) is 0 Å². The summed E-state index contributed by atoms with van der Waals surface area (Å²) in [6.45, 7) is 4.00. The molecule has 1 aliphatic carbocycles. The number of rotatable bonds is 0. The molecule has 2 nitrogen and oxygen atoms in total. The normalized spacial score (nSPS) is 13.8. The van der Waals surface area contributed by atoms with E-state index in [0.29, 0.717) is 17.1 Å². The molecule has 15 heavy (non-hydrogen) atoms. The summed E-state index contributed by atoms with van der Waals surface area (Å²) in [7, 11) is 0. The number of pyridine rings is 1. The Kier molecular flexibility index (Phi) is 4.37. The maximum atomic E-state index is 9.55. The van der Waals surface area contributed by atoms with Crippen molar-refractivity contribution in [1.29, 1.82) is 0 Å². The number of hydrogen-bond acceptors (Lipinski definition) is 2. The van der Waals surface area contributed by atoms with Crippen LogP contribution in [0.25, 0.3) is 5.76 Å². The van der Waals surface area contributed by atoms with E-state index >= 15 is 0 Å². The lowest BCUT2D eigenvalue weighted by Crippen LogP contribution is -1.94. The van der Waals surface area contributed by atoms with Gasteiger partial charge < -0.3 is 5.11 Å². The van der Waals surface area contributed by atoms with E-state index in [2.05, 4.69) is 4.98 Å². The fraction of sp³-hybridized carbons (Fsp3) is 0.250. The van der Waals surface area contributed by atoms with E-state index in [1.165, 1.54) is 0 Å². The maximum absolute atomic E-state index is 9.55. The third-order valence-electron chi connectivity index (χ3n) is 1.92. The number of halogens is 1. The van der Waals surface area contributed by atoms with Crippen molar-refractivity contribution < 1.29 is 5.11 Å². The van der Waals surface area contributed by atoms with Crippen LogP contribution in [0.5, 0.6) is 0 Å². The Morgan fingerprint density at radius 3 is 2.80 bits per heavy atom. The Morgan fingerprint density at radius 2 is 2.07 bits per heavy atom. The van der Waals surface area contributed by atoms with Crippen LogP contribution in [0.4, 0.5) is 0 Å². The van der Waals surface area contributed by atoms with Gasteiger partial charge in [-0.1, -0.05) is 31.5 Å². The van der Waals surface area contributed by atoms with Crippen LogP contribution in [0.1, 0.15) is 25.1 Å².